The van der Waals surface area contributed by atoms with Crippen LogP contribution in [0.5, 0.6) is 5.75 Å². The van der Waals surface area contributed by atoms with Crippen molar-refractivity contribution in [3.05, 3.63) is 41.5 Å². The number of allylic oxidation sites excluding steroid dienone is 1. The molecule has 1 saturated heterocycles. The summed E-state index contributed by atoms with van der Waals surface area (Å²) in [4.78, 5) is 49.3. The lowest BCUT2D eigenvalue weighted by Crippen LogP contribution is -2.52. The lowest BCUT2D eigenvalue weighted by molar-refractivity contribution is -0.136. The van der Waals surface area contributed by atoms with Crippen LogP contribution in [0.25, 0.3) is 0 Å². The monoisotopic (exact) mass is 328 g/mol. The minimum absolute atomic E-state index is 0.188. The van der Waals surface area contributed by atoms with Crippen molar-refractivity contribution in [2.75, 3.05) is 7.11 Å². The van der Waals surface area contributed by atoms with Crippen LogP contribution in [0.3, 0.4) is 0 Å². The minimum atomic E-state index is -0.703. The quantitative estimate of drug-likeness (QED) is 0.502. The molecule has 24 heavy (non-hydrogen) atoms. The van der Waals surface area contributed by atoms with E-state index in [-0.39, 0.29) is 42.7 Å². The molecule has 1 aromatic rings. The van der Waals surface area contributed by atoms with Crippen LogP contribution in [0.1, 0.15) is 39.1 Å². The Balaban J connectivity index is 1.97. The number of carbonyl (C=O) groups excluding carboxylic acids is 4. The molecular formula is C17H16N2O5. The van der Waals surface area contributed by atoms with E-state index in [9.17, 15) is 19.2 Å². The average Bonchev–Trinajstić information content (AvgIpc) is 2.90. The molecule has 1 atom stereocenters. The van der Waals surface area contributed by atoms with E-state index >= 15 is 0 Å². The molecule has 2 aliphatic heterocycles. The van der Waals surface area contributed by atoms with Crippen LogP contribution >= 0.6 is 0 Å². The second-order valence-corrected chi connectivity index (χ2v) is 5.68. The molecule has 0 aliphatic carbocycles. The average molecular weight is 328 g/mol. The zero-order chi connectivity index (χ0) is 17.4. The van der Waals surface area contributed by atoms with Crippen molar-refractivity contribution < 1.29 is 23.9 Å². The summed E-state index contributed by atoms with van der Waals surface area (Å²) < 4.78 is 5.25. The van der Waals surface area contributed by atoms with Gasteiger partial charge in [-0.3, -0.25) is 24.5 Å². The number of imide groups is 1. The lowest BCUT2D eigenvalue weighted by atomic mass is 10.0. The summed E-state index contributed by atoms with van der Waals surface area (Å²) in [6, 6.07) is 2.41. The molecule has 0 spiro atoms. The number of nitrogens with one attached hydrogen (secondary N) is 1. The molecule has 0 aromatic heterocycles. The second-order valence-electron chi connectivity index (χ2n) is 5.68. The van der Waals surface area contributed by atoms with E-state index in [0.29, 0.717) is 16.7 Å². The number of carbonyl (C=O) groups is 4. The second kappa shape index (κ2) is 5.92. The number of methoxy groups -OCH3 is 1. The SMILES string of the molecule is C=CC(=O)c1cc2c(c(OC)c1)C(=O)N(C1CCC(=O)NC1=O)C2. The highest BCUT2D eigenvalue weighted by Gasteiger charge is 2.40. The summed E-state index contributed by atoms with van der Waals surface area (Å²) in [7, 11) is 1.42. The Hall–Kier alpha value is -2.96. The molecule has 0 bridgehead atoms. The molecule has 3 rings (SSSR count). The summed E-state index contributed by atoms with van der Waals surface area (Å²) >= 11 is 0. The number of ketones is 1. The fourth-order valence-corrected chi connectivity index (χ4v) is 3.09. The summed E-state index contributed by atoms with van der Waals surface area (Å²) in [6.45, 7) is 3.64. The first-order valence-electron chi connectivity index (χ1n) is 7.48. The normalized spacial score (nSPS) is 19.8. The van der Waals surface area contributed by atoms with E-state index < -0.39 is 11.9 Å². The highest BCUT2D eigenvalue weighted by atomic mass is 16.5. The maximum absolute atomic E-state index is 12.7. The Bertz CT molecular complexity index is 783. The fourth-order valence-electron chi connectivity index (χ4n) is 3.09. The van der Waals surface area contributed by atoms with Gasteiger partial charge in [-0.05, 0) is 30.2 Å². The largest absolute Gasteiger partial charge is 0.496 e. The molecule has 1 N–H and O–H groups in total. The number of piperidine rings is 1. The smallest absolute Gasteiger partial charge is 0.258 e. The van der Waals surface area contributed by atoms with Crippen molar-refractivity contribution >= 4 is 23.5 Å². The lowest BCUT2D eigenvalue weighted by Gasteiger charge is -2.29. The number of fused-ring (bicyclic) bond motifs is 1. The number of nitrogens with zero attached hydrogens (tertiary/aromatic N) is 1. The highest BCUT2D eigenvalue weighted by Crippen LogP contribution is 2.34. The zero-order valence-electron chi connectivity index (χ0n) is 13.1. The Labute approximate surface area is 138 Å². The Morgan fingerprint density at radius 2 is 2.12 bits per heavy atom. The van der Waals surface area contributed by atoms with Crippen molar-refractivity contribution in [2.45, 2.75) is 25.4 Å². The van der Waals surface area contributed by atoms with E-state index in [1.54, 1.807) is 6.07 Å². The first-order chi connectivity index (χ1) is 11.5. The van der Waals surface area contributed by atoms with Crippen LogP contribution in [0.15, 0.2) is 24.8 Å². The Morgan fingerprint density at radius 1 is 1.38 bits per heavy atom. The van der Waals surface area contributed by atoms with Crippen LogP contribution in [0, 0.1) is 0 Å². The van der Waals surface area contributed by atoms with Gasteiger partial charge in [0.2, 0.25) is 11.8 Å². The van der Waals surface area contributed by atoms with Gasteiger partial charge in [-0.15, -0.1) is 0 Å². The summed E-state index contributed by atoms with van der Waals surface area (Å²) in [5, 5.41) is 2.25. The van der Waals surface area contributed by atoms with Crippen LogP contribution in [0.2, 0.25) is 0 Å². The van der Waals surface area contributed by atoms with Gasteiger partial charge in [0, 0.05) is 18.5 Å². The van der Waals surface area contributed by atoms with Crippen LogP contribution in [-0.4, -0.2) is 41.6 Å². The number of hydrogen-bond donors (Lipinski definition) is 1. The van der Waals surface area contributed by atoms with Crippen molar-refractivity contribution in [1.29, 1.82) is 0 Å². The van der Waals surface area contributed by atoms with Gasteiger partial charge in [0.1, 0.15) is 11.8 Å². The topological polar surface area (TPSA) is 92.8 Å². The van der Waals surface area contributed by atoms with Crippen molar-refractivity contribution in [1.82, 2.24) is 10.2 Å². The van der Waals surface area contributed by atoms with E-state index in [1.165, 1.54) is 24.2 Å². The first kappa shape index (κ1) is 15.9. The molecule has 124 valence electrons. The first-order valence-corrected chi connectivity index (χ1v) is 7.48. The van der Waals surface area contributed by atoms with E-state index in [4.69, 9.17) is 4.74 Å². The molecular weight excluding hydrogens is 312 g/mol. The van der Waals surface area contributed by atoms with Gasteiger partial charge in [-0.25, -0.2) is 0 Å². The number of ether oxygens (including phenoxy) is 1. The standard InChI is InChI=1S/C17H16N2O5/c1-3-12(20)9-6-10-8-19(11-4-5-14(21)18-16(11)22)17(23)15(10)13(7-9)24-2/h3,6-7,11H,1,4-5,8H2,2H3,(H,18,21,22). The predicted octanol–water partition coefficient (Wildman–Crippen LogP) is 0.825. The molecule has 0 saturated carbocycles. The number of benzene rings is 1. The number of rotatable bonds is 4. The van der Waals surface area contributed by atoms with Crippen LogP contribution in [-0.2, 0) is 16.1 Å². The molecule has 2 aliphatic rings. The Morgan fingerprint density at radius 3 is 2.75 bits per heavy atom. The number of amides is 3. The van der Waals surface area contributed by atoms with Crippen LogP contribution in [0.4, 0.5) is 0 Å². The van der Waals surface area contributed by atoms with Crippen molar-refractivity contribution in [3.63, 3.8) is 0 Å². The summed E-state index contributed by atoms with van der Waals surface area (Å²) in [5.41, 5.74) is 1.34. The van der Waals surface area contributed by atoms with Gasteiger partial charge in [-0.2, -0.15) is 0 Å². The maximum Gasteiger partial charge on any atom is 0.258 e. The van der Waals surface area contributed by atoms with Gasteiger partial charge < -0.3 is 9.64 Å². The van der Waals surface area contributed by atoms with Crippen LogP contribution < -0.4 is 10.1 Å². The fraction of sp³-hybridized carbons (Fsp3) is 0.294. The predicted molar refractivity (Wildman–Crippen MR) is 83.6 cm³/mol. The molecule has 1 aromatic carbocycles. The molecule has 3 amide bonds. The molecule has 0 radical (unpaired) electrons. The van der Waals surface area contributed by atoms with Gasteiger partial charge in [0.15, 0.2) is 5.78 Å². The third kappa shape index (κ3) is 2.47. The van der Waals surface area contributed by atoms with Gasteiger partial charge in [-0.1, -0.05) is 6.58 Å². The van der Waals surface area contributed by atoms with E-state index in [1.807, 2.05) is 0 Å². The maximum atomic E-state index is 12.7. The molecule has 7 heteroatoms. The molecule has 1 unspecified atom stereocenters. The third-order valence-corrected chi connectivity index (χ3v) is 4.28. The number of hydrogen-bond acceptors (Lipinski definition) is 5. The highest BCUT2D eigenvalue weighted by molar-refractivity contribution is 6.09. The summed E-state index contributed by atoms with van der Waals surface area (Å²) in [5.74, 6) is -1.14. The third-order valence-electron chi connectivity index (χ3n) is 4.28. The minimum Gasteiger partial charge on any atom is -0.496 e. The van der Waals surface area contributed by atoms with E-state index in [0.717, 1.165) is 0 Å². The van der Waals surface area contributed by atoms with E-state index in [2.05, 4.69) is 11.9 Å². The summed E-state index contributed by atoms with van der Waals surface area (Å²) in [6.07, 6.45) is 1.66. The van der Waals surface area contributed by atoms with Gasteiger partial charge >= 0.3 is 0 Å². The Kier molecular flexibility index (Phi) is 3.92. The molecule has 1 fully saturated rings. The van der Waals surface area contributed by atoms with Gasteiger partial charge in [0.25, 0.3) is 5.91 Å². The van der Waals surface area contributed by atoms with Gasteiger partial charge in [0.05, 0.1) is 12.7 Å². The van der Waals surface area contributed by atoms with Crippen molar-refractivity contribution in [2.24, 2.45) is 0 Å². The molecule has 2 heterocycles. The van der Waals surface area contributed by atoms with Crippen molar-refractivity contribution in [3.8, 4) is 5.75 Å². The zero-order valence-corrected chi connectivity index (χ0v) is 13.1. The molecule has 7 nitrogen and oxygen atoms in total.